The molecule has 1 aromatic carbocycles. The first-order valence-electron chi connectivity index (χ1n) is 10.8. The van der Waals surface area contributed by atoms with Gasteiger partial charge in [-0.05, 0) is 42.7 Å². The van der Waals surface area contributed by atoms with Crippen molar-refractivity contribution in [2.45, 2.75) is 18.9 Å². The van der Waals surface area contributed by atoms with Crippen LogP contribution in [0.3, 0.4) is 0 Å². The van der Waals surface area contributed by atoms with E-state index in [-0.39, 0.29) is 17.9 Å². The van der Waals surface area contributed by atoms with Crippen LogP contribution in [0.4, 0.5) is 0 Å². The lowest BCUT2D eigenvalue weighted by Gasteiger charge is -2.28. The van der Waals surface area contributed by atoms with Crippen molar-refractivity contribution < 1.29 is 9.59 Å². The van der Waals surface area contributed by atoms with E-state index in [1.807, 2.05) is 49.6 Å². The number of likely N-dealkylation sites (N-methyl/N-ethyl adjacent to an activating group) is 1. The predicted molar refractivity (Wildman–Crippen MR) is 129 cm³/mol. The van der Waals surface area contributed by atoms with Gasteiger partial charge in [-0.15, -0.1) is 0 Å². The summed E-state index contributed by atoms with van der Waals surface area (Å²) in [6.45, 7) is 0.444. The van der Waals surface area contributed by atoms with Crippen LogP contribution in [0.15, 0.2) is 73.2 Å². The van der Waals surface area contributed by atoms with Crippen LogP contribution in [-0.2, 0) is 13.5 Å². The number of fused-ring (bicyclic) bond motifs is 1. The zero-order valence-electron chi connectivity index (χ0n) is 18.6. The Balaban J connectivity index is 1.49. The Morgan fingerprint density at radius 3 is 2.61 bits per heavy atom. The van der Waals surface area contributed by atoms with Gasteiger partial charge in [0.1, 0.15) is 17.0 Å². The molecule has 0 bridgehead atoms. The van der Waals surface area contributed by atoms with Crippen LogP contribution in [0.2, 0.25) is 5.02 Å². The first-order chi connectivity index (χ1) is 15.9. The van der Waals surface area contributed by atoms with E-state index < -0.39 is 0 Å². The van der Waals surface area contributed by atoms with Crippen molar-refractivity contribution in [2.24, 2.45) is 7.05 Å². The van der Waals surface area contributed by atoms with Crippen molar-refractivity contribution in [1.29, 1.82) is 0 Å². The van der Waals surface area contributed by atoms with Crippen LogP contribution in [-0.4, -0.2) is 50.3 Å². The number of hydrogen-bond donors (Lipinski definition) is 1. The van der Waals surface area contributed by atoms with E-state index in [1.54, 1.807) is 51.5 Å². The summed E-state index contributed by atoms with van der Waals surface area (Å²) >= 11 is 6.06. The maximum Gasteiger partial charge on any atom is 0.274 e. The highest BCUT2D eigenvalue weighted by Crippen LogP contribution is 2.16. The first kappa shape index (κ1) is 22.6. The molecule has 3 aromatic heterocycles. The van der Waals surface area contributed by atoms with Gasteiger partial charge in [0.25, 0.3) is 11.8 Å². The lowest BCUT2D eigenvalue weighted by Crippen LogP contribution is -2.41. The number of carbonyl (C=O) groups is 2. The Morgan fingerprint density at radius 1 is 1.09 bits per heavy atom. The first-order valence-corrected chi connectivity index (χ1v) is 11.1. The highest BCUT2D eigenvalue weighted by atomic mass is 35.5. The monoisotopic (exact) mass is 463 g/mol. The molecular formula is C25H26ClN5O2. The van der Waals surface area contributed by atoms with Gasteiger partial charge in [-0.2, -0.15) is 0 Å². The molecule has 2 amide bonds. The van der Waals surface area contributed by atoms with Gasteiger partial charge in [-0.1, -0.05) is 41.9 Å². The number of nitrogens with zero attached hydrogens (tertiary/aromatic N) is 4. The highest BCUT2D eigenvalue weighted by molar-refractivity contribution is 6.30. The summed E-state index contributed by atoms with van der Waals surface area (Å²) < 4.78 is 3.53. The second-order valence-electron chi connectivity index (χ2n) is 8.05. The Bertz CT molecular complexity index is 1260. The summed E-state index contributed by atoms with van der Waals surface area (Å²) in [6, 6.07) is 17.0. The number of hydrogen-bond acceptors (Lipinski definition) is 3. The van der Waals surface area contributed by atoms with Gasteiger partial charge in [-0.25, -0.2) is 4.98 Å². The number of benzene rings is 1. The molecule has 3 heterocycles. The summed E-state index contributed by atoms with van der Waals surface area (Å²) in [4.78, 5) is 31.9. The van der Waals surface area contributed by atoms with Crippen LogP contribution in [0.1, 0.15) is 33.0 Å². The third kappa shape index (κ3) is 5.26. The average molecular weight is 464 g/mol. The molecule has 1 N–H and O–H groups in total. The van der Waals surface area contributed by atoms with E-state index in [1.165, 1.54) is 0 Å². The quantitative estimate of drug-likeness (QED) is 0.431. The van der Waals surface area contributed by atoms with E-state index in [4.69, 9.17) is 11.6 Å². The van der Waals surface area contributed by atoms with Gasteiger partial charge < -0.3 is 19.2 Å². The molecule has 0 saturated carbocycles. The number of aromatic nitrogens is 3. The Labute approximate surface area is 197 Å². The molecular weight excluding hydrogens is 438 g/mol. The molecule has 8 heteroatoms. The molecule has 1 atom stereocenters. The molecule has 0 aliphatic rings. The van der Waals surface area contributed by atoms with Crippen molar-refractivity contribution in [3.8, 4) is 0 Å². The maximum atomic E-state index is 13.3. The summed E-state index contributed by atoms with van der Waals surface area (Å²) in [7, 11) is 3.62. The number of imidazole rings is 1. The molecule has 4 aromatic rings. The molecule has 0 unspecified atom stereocenters. The van der Waals surface area contributed by atoms with E-state index >= 15 is 0 Å². The van der Waals surface area contributed by atoms with Gasteiger partial charge in [0.2, 0.25) is 0 Å². The number of nitrogens with one attached hydrogen (secondary N) is 1. The minimum Gasteiger partial charge on any atom is -0.351 e. The zero-order chi connectivity index (χ0) is 23.4. The van der Waals surface area contributed by atoms with Gasteiger partial charge in [0.05, 0.1) is 5.02 Å². The van der Waals surface area contributed by atoms with E-state index in [0.717, 1.165) is 5.56 Å². The molecule has 4 rings (SSSR count). The topological polar surface area (TPSA) is 71.6 Å². The molecule has 0 saturated heterocycles. The van der Waals surface area contributed by atoms with Crippen LogP contribution < -0.4 is 5.32 Å². The Hall–Kier alpha value is -3.58. The van der Waals surface area contributed by atoms with Crippen LogP contribution >= 0.6 is 11.6 Å². The van der Waals surface area contributed by atoms with E-state index in [2.05, 4.69) is 10.3 Å². The molecule has 0 aliphatic carbocycles. The van der Waals surface area contributed by atoms with Crippen molar-refractivity contribution >= 4 is 29.1 Å². The van der Waals surface area contributed by atoms with Gasteiger partial charge >= 0.3 is 0 Å². The lowest BCUT2D eigenvalue weighted by atomic mass is 10.0. The van der Waals surface area contributed by atoms with E-state index in [0.29, 0.717) is 41.4 Å². The molecule has 170 valence electrons. The normalized spacial score (nSPS) is 12.0. The largest absolute Gasteiger partial charge is 0.351 e. The van der Waals surface area contributed by atoms with Crippen LogP contribution in [0.5, 0.6) is 0 Å². The number of amides is 2. The number of rotatable bonds is 8. The predicted octanol–water partition coefficient (Wildman–Crippen LogP) is 3.83. The molecule has 0 fully saturated rings. The minimum atomic E-state index is -0.176. The van der Waals surface area contributed by atoms with Crippen molar-refractivity contribution in [3.05, 3.63) is 95.2 Å². The second-order valence-corrected chi connectivity index (χ2v) is 8.48. The third-order valence-corrected chi connectivity index (χ3v) is 5.98. The van der Waals surface area contributed by atoms with Crippen LogP contribution in [0, 0.1) is 0 Å². The molecule has 0 spiro atoms. The van der Waals surface area contributed by atoms with Gasteiger partial charge in [0, 0.05) is 45.3 Å². The second kappa shape index (κ2) is 9.92. The SMILES string of the molecule is CN(C(=O)c1cn2cc(Cl)ccc2n1)[C@H](CCNC(=O)c1cccn1C)Cc1ccccc1. The molecule has 33 heavy (non-hydrogen) atoms. The summed E-state index contributed by atoms with van der Waals surface area (Å²) in [6.07, 6.45) is 6.52. The van der Waals surface area contributed by atoms with Crippen molar-refractivity contribution in [3.63, 3.8) is 0 Å². The smallest absolute Gasteiger partial charge is 0.274 e. The van der Waals surface area contributed by atoms with Crippen molar-refractivity contribution in [1.82, 2.24) is 24.2 Å². The third-order valence-electron chi connectivity index (χ3n) is 5.76. The number of pyridine rings is 1. The number of halogens is 1. The summed E-state index contributed by atoms with van der Waals surface area (Å²) in [5.74, 6) is -0.309. The fraction of sp³-hybridized carbons (Fsp3) is 0.240. The fourth-order valence-corrected chi connectivity index (χ4v) is 4.04. The minimum absolute atomic E-state index is 0.123. The highest BCUT2D eigenvalue weighted by Gasteiger charge is 2.24. The van der Waals surface area contributed by atoms with E-state index in [9.17, 15) is 9.59 Å². The lowest BCUT2D eigenvalue weighted by molar-refractivity contribution is 0.0717. The zero-order valence-corrected chi connectivity index (χ0v) is 19.4. The summed E-state index contributed by atoms with van der Waals surface area (Å²) in [5.41, 5.74) is 2.73. The molecule has 7 nitrogen and oxygen atoms in total. The molecule has 0 aliphatic heterocycles. The fourth-order valence-electron chi connectivity index (χ4n) is 3.87. The standard InChI is InChI=1S/C25H26ClN5O2/c1-29-14-6-9-22(29)24(32)27-13-12-20(15-18-7-4-3-5-8-18)30(2)25(33)21-17-31-16-19(26)10-11-23(31)28-21/h3-11,14,16-17,20H,12-13,15H2,1-2H3,(H,27,32)/t20-/m1/s1. The number of aryl methyl sites for hydroxylation is 1. The summed E-state index contributed by atoms with van der Waals surface area (Å²) in [5, 5.41) is 3.54. The van der Waals surface area contributed by atoms with Crippen LogP contribution in [0.25, 0.3) is 5.65 Å². The Kier molecular flexibility index (Phi) is 6.79. The maximum absolute atomic E-state index is 13.3. The van der Waals surface area contributed by atoms with Gasteiger partial charge in [-0.3, -0.25) is 9.59 Å². The van der Waals surface area contributed by atoms with Crippen molar-refractivity contribution in [2.75, 3.05) is 13.6 Å². The molecule has 0 radical (unpaired) electrons. The Morgan fingerprint density at radius 2 is 1.88 bits per heavy atom. The number of carbonyl (C=O) groups excluding carboxylic acids is 2. The van der Waals surface area contributed by atoms with Gasteiger partial charge in [0.15, 0.2) is 0 Å². The average Bonchev–Trinajstić information content (AvgIpc) is 3.43.